The van der Waals surface area contributed by atoms with Gasteiger partial charge in [0.2, 0.25) is 0 Å². The number of alkyl halides is 1. The van der Waals surface area contributed by atoms with Crippen LogP contribution >= 0.6 is 33.9 Å². The zero-order valence-electron chi connectivity index (χ0n) is 19.9. The van der Waals surface area contributed by atoms with Gasteiger partial charge < -0.3 is 19.6 Å². The van der Waals surface area contributed by atoms with E-state index in [-0.39, 0.29) is 52.0 Å². The summed E-state index contributed by atoms with van der Waals surface area (Å²) in [5.74, 6) is -1.44. The van der Waals surface area contributed by atoms with Crippen molar-refractivity contribution in [1.29, 1.82) is 0 Å². The predicted octanol–water partition coefficient (Wildman–Crippen LogP) is 6.63. The van der Waals surface area contributed by atoms with E-state index in [9.17, 15) is 5.11 Å². The van der Waals surface area contributed by atoms with Crippen molar-refractivity contribution in [3.63, 3.8) is 0 Å². The Labute approximate surface area is 234 Å². The van der Waals surface area contributed by atoms with Gasteiger partial charge in [0.15, 0.2) is 5.82 Å². The lowest BCUT2D eigenvalue weighted by molar-refractivity contribution is -0.0599. The molecule has 3 atom stereocenters. The molecule has 0 unspecified atom stereocenters. The van der Waals surface area contributed by atoms with Gasteiger partial charge in [0.25, 0.3) is 6.01 Å². The standard InChI is InChI=1S/C28H22F2IN3O3S/c29-20-12-22-26(34-28(33-22)37-19-11-21(31)23(13-35)36-14-19)25(30)24(20)17-5-1-15(2-6-17)16-3-7-18(8-4-16)27-32-9-10-38-27/h1-10,12,19,21,23,35H,11,13-14H2,(H,33,34)/t19-,21+,23-/m1/s1. The maximum atomic E-state index is 15.5. The van der Waals surface area contributed by atoms with Crippen LogP contribution in [0.5, 0.6) is 6.01 Å². The maximum Gasteiger partial charge on any atom is 0.295 e. The van der Waals surface area contributed by atoms with Gasteiger partial charge in [-0.15, -0.1) is 11.3 Å². The van der Waals surface area contributed by atoms with Crippen LogP contribution < -0.4 is 4.74 Å². The Hall–Kier alpha value is -2.93. The van der Waals surface area contributed by atoms with Crippen molar-refractivity contribution >= 4 is 45.0 Å². The van der Waals surface area contributed by atoms with Gasteiger partial charge in [-0.05, 0) is 16.7 Å². The fourth-order valence-electron chi connectivity index (χ4n) is 4.59. The first kappa shape index (κ1) is 25.4. The van der Waals surface area contributed by atoms with E-state index in [1.54, 1.807) is 29.7 Å². The number of benzene rings is 3. The van der Waals surface area contributed by atoms with Gasteiger partial charge in [-0.25, -0.2) is 13.8 Å². The number of halogens is 3. The lowest BCUT2D eigenvalue weighted by Crippen LogP contribution is -2.42. The van der Waals surface area contributed by atoms with E-state index in [0.717, 1.165) is 21.7 Å². The first-order valence-electron chi connectivity index (χ1n) is 12.0. The lowest BCUT2D eigenvalue weighted by atomic mass is 9.98. The fraction of sp³-hybridized carbons (Fsp3) is 0.214. The Morgan fingerprint density at radius 2 is 1.74 bits per heavy atom. The van der Waals surface area contributed by atoms with Crippen molar-refractivity contribution in [2.45, 2.75) is 22.6 Å². The van der Waals surface area contributed by atoms with Crippen molar-refractivity contribution in [1.82, 2.24) is 15.0 Å². The van der Waals surface area contributed by atoms with Gasteiger partial charge in [-0.3, -0.25) is 0 Å². The lowest BCUT2D eigenvalue weighted by Gasteiger charge is -2.31. The van der Waals surface area contributed by atoms with Crippen LogP contribution in [0.15, 0.2) is 66.2 Å². The minimum Gasteiger partial charge on any atom is -0.459 e. The fourth-order valence-corrected chi connectivity index (χ4v) is 6.24. The van der Waals surface area contributed by atoms with E-state index in [4.69, 9.17) is 9.47 Å². The second-order valence-corrected chi connectivity index (χ2v) is 11.5. The molecule has 2 N–H and O–H groups in total. The number of aromatic nitrogens is 3. The number of aromatic amines is 1. The Kier molecular flexibility index (Phi) is 7.12. The van der Waals surface area contributed by atoms with E-state index in [0.29, 0.717) is 12.0 Å². The van der Waals surface area contributed by atoms with Gasteiger partial charge in [-0.2, -0.15) is 4.98 Å². The maximum absolute atomic E-state index is 15.5. The quantitative estimate of drug-likeness (QED) is 0.160. The molecule has 5 aromatic rings. The molecule has 6 rings (SSSR count). The molecule has 1 aliphatic heterocycles. The number of nitrogens with one attached hydrogen (secondary N) is 1. The minimum atomic E-state index is -0.751. The molecule has 0 spiro atoms. The molecule has 3 aromatic carbocycles. The summed E-state index contributed by atoms with van der Waals surface area (Å²) in [7, 11) is 0. The van der Waals surface area contributed by atoms with Gasteiger partial charge in [0, 0.05) is 33.6 Å². The van der Waals surface area contributed by atoms with Crippen LogP contribution in [0, 0.1) is 11.6 Å². The molecular weight excluding hydrogens is 623 g/mol. The number of nitrogens with zero attached hydrogens (tertiary/aromatic N) is 2. The van der Waals surface area contributed by atoms with Gasteiger partial charge in [-0.1, -0.05) is 71.1 Å². The van der Waals surface area contributed by atoms with Crippen LogP contribution in [0.25, 0.3) is 43.9 Å². The van der Waals surface area contributed by atoms with Crippen LogP contribution in [0.3, 0.4) is 0 Å². The number of hydrogen-bond donors (Lipinski definition) is 2. The Balaban J connectivity index is 1.23. The number of H-pyrrole nitrogens is 1. The molecule has 0 amide bonds. The highest BCUT2D eigenvalue weighted by atomic mass is 127. The van der Waals surface area contributed by atoms with Crippen LogP contribution in [-0.4, -0.2) is 49.4 Å². The largest absolute Gasteiger partial charge is 0.459 e. The third-order valence-corrected chi connectivity index (χ3v) is 8.70. The summed E-state index contributed by atoms with van der Waals surface area (Å²) >= 11 is 3.79. The number of aliphatic hydroxyl groups is 1. The van der Waals surface area contributed by atoms with Crippen molar-refractivity contribution in [2.75, 3.05) is 13.2 Å². The van der Waals surface area contributed by atoms with Crippen LogP contribution in [0.2, 0.25) is 0 Å². The molecule has 0 saturated carbocycles. The molecule has 2 aromatic heterocycles. The highest BCUT2D eigenvalue weighted by molar-refractivity contribution is 14.1. The molecule has 1 fully saturated rings. The molecule has 6 nitrogen and oxygen atoms in total. The molecular formula is C28H22F2IN3O3S. The van der Waals surface area contributed by atoms with E-state index in [2.05, 4.69) is 37.5 Å². The Bertz CT molecular complexity index is 1560. The van der Waals surface area contributed by atoms with Crippen molar-refractivity contribution in [3.8, 4) is 38.8 Å². The third kappa shape index (κ3) is 4.93. The number of fused-ring (bicyclic) bond motifs is 1. The van der Waals surface area contributed by atoms with E-state index in [1.165, 1.54) is 6.07 Å². The molecule has 38 heavy (non-hydrogen) atoms. The number of thiazole rings is 1. The van der Waals surface area contributed by atoms with Gasteiger partial charge in [0.1, 0.15) is 22.4 Å². The molecule has 0 bridgehead atoms. The minimum absolute atomic E-state index is 0.00855. The number of aliphatic hydroxyl groups excluding tert-OH is 1. The summed E-state index contributed by atoms with van der Waals surface area (Å²) in [5, 5.41) is 12.3. The van der Waals surface area contributed by atoms with E-state index in [1.807, 2.05) is 41.8 Å². The first-order valence-corrected chi connectivity index (χ1v) is 14.1. The van der Waals surface area contributed by atoms with Crippen LogP contribution in [-0.2, 0) is 4.74 Å². The summed E-state index contributed by atoms with van der Waals surface area (Å²) in [6.45, 7) is 0.225. The molecule has 0 radical (unpaired) electrons. The zero-order valence-corrected chi connectivity index (χ0v) is 22.9. The second-order valence-electron chi connectivity index (χ2n) is 9.02. The van der Waals surface area contributed by atoms with Crippen LogP contribution in [0.4, 0.5) is 8.78 Å². The van der Waals surface area contributed by atoms with Crippen molar-refractivity contribution < 1.29 is 23.4 Å². The second kappa shape index (κ2) is 10.7. The SMILES string of the molecule is OC[C@H]1OC[C@H](Oc2nc3c(F)c(-c4ccc(-c5ccc(-c6nccs6)cc5)cc4)c(F)cc3[nH]2)C[C@@H]1I. The van der Waals surface area contributed by atoms with Crippen molar-refractivity contribution in [3.05, 3.63) is 77.8 Å². The normalized spacial score (nSPS) is 19.6. The van der Waals surface area contributed by atoms with E-state index < -0.39 is 11.6 Å². The highest BCUT2D eigenvalue weighted by Gasteiger charge is 2.31. The average molecular weight is 645 g/mol. The molecule has 1 saturated heterocycles. The summed E-state index contributed by atoms with van der Waals surface area (Å²) in [6, 6.07) is 16.5. The predicted molar refractivity (Wildman–Crippen MR) is 152 cm³/mol. The topological polar surface area (TPSA) is 80.3 Å². The number of imidazole rings is 1. The molecule has 1 aliphatic rings. The smallest absolute Gasteiger partial charge is 0.295 e. The Morgan fingerprint density at radius 3 is 2.37 bits per heavy atom. The molecule has 0 aliphatic carbocycles. The van der Waals surface area contributed by atoms with Gasteiger partial charge >= 0.3 is 0 Å². The monoisotopic (exact) mass is 645 g/mol. The molecule has 3 heterocycles. The summed E-state index contributed by atoms with van der Waals surface area (Å²) in [5.41, 5.74) is 3.47. The summed E-state index contributed by atoms with van der Waals surface area (Å²) in [4.78, 5) is 11.5. The highest BCUT2D eigenvalue weighted by Crippen LogP contribution is 2.34. The number of hydrogen-bond acceptors (Lipinski definition) is 6. The third-order valence-electron chi connectivity index (χ3n) is 6.56. The summed E-state index contributed by atoms with van der Waals surface area (Å²) < 4.78 is 42.2. The van der Waals surface area contributed by atoms with E-state index >= 15 is 8.78 Å². The van der Waals surface area contributed by atoms with Crippen LogP contribution in [0.1, 0.15) is 6.42 Å². The van der Waals surface area contributed by atoms with Crippen molar-refractivity contribution in [2.24, 2.45) is 0 Å². The Morgan fingerprint density at radius 1 is 1.05 bits per heavy atom. The average Bonchev–Trinajstić information content (AvgIpc) is 3.60. The molecule has 10 heteroatoms. The zero-order chi connectivity index (χ0) is 26.2. The number of rotatable bonds is 6. The molecule has 194 valence electrons. The number of ether oxygens (including phenoxy) is 2. The summed E-state index contributed by atoms with van der Waals surface area (Å²) in [6.07, 6.45) is 1.87. The van der Waals surface area contributed by atoms with Gasteiger partial charge in [0.05, 0.1) is 30.4 Å². The first-order chi connectivity index (χ1) is 18.5.